The van der Waals surface area contributed by atoms with Gasteiger partial charge in [0.1, 0.15) is 11.5 Å². The number of hydrogen-bond donors (Lipinski definition) is 1. The Balaban J connectivity index is 1.59. The molecule has 4 aromatic rings. The van der Waals surface area contributed by atoms with Crippen molar-refractivity contribution in [3.8, 4) is 11.4 Å². The van der Waals surface area contributed by atoms with Crippen LogP contribution in [0.25, 0.3) is 5.69 Å². The van der Waals surface area contributed by atoms with Gasteiger partial charge in [0.2, 0.25) is 0 Å². The zero-order valence-corrected chi connectivity index (χ0v) is 17.5. The number of carbonyl (C=O) groups is 1. The molecule has 1 amide bonds. The highest BCUT2D eigenvalue weighted by Crippen LogP contribution is 2.26. The van der Waals surface area contributed by atoms with Gasteiger partial charge >= 0.3 is 6.36 Å². The topological polar surface area (TPSA) is 108 Å². The number of benzene rings is 1. The summed E-state index contributed by atoms with van der Waals surface area (Å²) in [5.41, 5.74) is 0.862. The summed E-state index contributed by atoms with van der Waals surface area (Å²) in [4.78, 5) is 21.0. The van der Waals surface area contributed by atoms with Crippen LogP contribution in [-0.4, -0.2) is 37.2 Å². The molecule has 0 radical (unpaired) electrons. The Morgan fingerprint density at radius 2 is 1.88 bits per heavy atom. The average Bonchev–Trinajstić information content (AvgIpc) is 3.46. The van der Waals surface area contributed by atoms with E-state index < -0.39 is 12.3 Å². The van der Waals surface area contributed by atoms with Crippen molar-refractivity contribution < 1.29 is 27.1 Å². The average molecular weight is 476 g/mol. The van der Waals surface area contributed by atoms with Gasteiger partial charge in [-0.15, -0.1) is 18.3 Å². The summed E-state index contributed by atoms with van der Waals surface area (Å²) in [5.74, 6) is -0.0818. The molecule has 1 aromatic carbocycles. The van der Waals surface area contributed by atoms with Crippen LogP contribution >= 0.6 is 11.8 Å². The van der Waals surface area contributed by atoms with Crippen molar-refractivity contribution >= 4 is 17.7 Å². The van der Waals surface area contributed by atoms with Crippen LogP contribution in [0.3, 0.4) is 0 Å². The number of thioether (sulfide) groups is 1. The molecule has 0 aliphatic carbocycles. The number of hydrogen-bond acceptors (Lipinski definition) is 8. The van der Waals surface area contributed by atoms with Crippen molar-refractivity contribution in [1.29, 1.82) is 0 Å². The highest BCUT2D eigenvalue weighted by atomic mass is 32.2. The van der Waals surface area contributed by atoms with Gasteiger partial charge in [-0.25, -0.2) is 14.6 Å². The van der Waals surface area contributed by atoms with Gasteiger partial charge in [0.15, 0.2) is 10.9 Å². The molecule has 3 aromatic heterocycles. The van der Waals surface area contributed by atoms with Crippen LogP contribution in [-0.2, 0) is 12.3 Å². The molecule has 0 aliphatic rings. The van der Waals surface area contributed by atoms with E-state index in [1.807, 2.05) is 0 Å². The van der Waals surface area contributed by atoms with Gasteiger partial charge in [-0.3, -0.25) is 4.79 Å². The van der Waals surface area contributed by atoms with Crippen molar-refractivity contribution in [1.82, 2.24) is 30.3 Å². The minimum atomic E-state index is -4.80. The molecular formula is C20H15F3N6O3S. The second-order valence-corrected chi connectivity index (χ2v) is 7.36. The minimum Gasteiger partial charge on any atom is -0.467 e. The molecule has 0 saturated heterocycles. The Labute approximate surface area is 189 Å². The highest BCUT2D eigenvalue weighted by Gasteiger charge is 2.31. The van der Waals surface area contributed by atoms with Gasteiger partial charge in [-0.2, -0.15) is 0 Å². The molecule has 0 saturated carbocycles. The summed E-state index contributed by atoms with van der Waals surface area (Å²) in [6.07, 6.45) is -0.139. The Kier molecular flexibility index (Phi) is 6.58. The Morgan fingerprint density at radius 3 is 2.55 bits per heavy atom. The molecule has 0 fully saturated rings. The molecule has 0 spiro atoms. The third-order valence-corrected chi connectivity index (χ3v) is 5.06. The van der Waals surface area contributed by atoms with Crippen molar-refractivity contribution in [2.45, 2.75) is 23.8 Å². The number of nitrogens with zero attached hydrogens (tertiary/aromatic N) is 5. The molecule has 3 heterocycles. The van der Waals surface area contributed by atoms with Crippen LogP contribution < -0.4 is 10.1 Å². The minimum absolute atomic E-state index is 0.0561. The second kappa shape index (κ2) is 9.73. The predicted molar refractivity (Wildman–Crippen MR) is 110 cm³/mol. The quantitative estimate of drug-likeness (QED) is 0.303. The standard InChI is InChI=1S/C20H15F3N6O3S/c21-20(22,23)32-14-6-4-13(5-7-14)29-16(12-33-19-24-8-2-9-25-19)17(27-28-29)18(30)26-11-15-3-1-10-31-15/h1-10H,11-12H2,(H,26,30). The second-order valence-electron chi connectivity index (χ2n) is 6.42. The number of alkyl halides is 3. The van der Waals surface area contributed by atoms with E-state index in [0.29, 0.717) is 22.3 Å². The lowest BCUT2D eigenvalue weighted by atomic mass is 10.2. The fraction of sp³-hybridized carbons (Fsp3) is 0.150. The fourth-order valence-electron chi connectivity index (χ4n) is 2.76. The molecule has 0 aliphatic heterocycles. The smallest absolute Gasteiger partial charge is 0.467 e. The molecule has 4 rings (SSSR count). The number of rotatable bonds is 8. The van der Waals surface area contributed by atoms with Gasteiger partial charge in [-0.05, 0) is 42.5 Å². The molecule has 170 valence electrons. The number of furan rings is 1. The first-order chi connectivity index (χ1) is 15.9. The molecule has 33 heavy (non-hydrogen) atoms. The van der Waals surface area contributed by atoms with Gasteiger partial charge in [-0.1, -0.05) is 17.0 Å². The number of ether oxygens (including phenoxy) is 1. The van der Waals surface area contributed by atoms with Gasteiger partial charge < -0.3 is 14.5 Å². The van der Waals surface area contributed by atoms with E-state index in [0.717, 1.165) is 12.1 Å². The van der Waals surface area contributed by atoms with Crippen molar-refractivity contribution in [3.05, 3.63) is 78.3 Å². The van der Waals surface area contributed by atoms with Crippen LogP contribution in [0.15, 0.2) is 70.7 Å². The first-order valence-corrected chi connectivity index (χ1v) is 10.4. The van der Waals surface area contributed by atoms with Crippen LogP contribution in [0.5, 0.6) is 5.75 Å². The van der Waals surface area contributed by atoms with Crippen molar-refractivity contribution in [2.75, 3.05) is 0 Å². The monoisotopic (exact) mass is 476 g/mol. The summed E-state index contributed by atoms with van der Waals surface area (Å²) >= 11 is 1.25. The van der Waals surface area contributed by atoms with Crippen LogP contribution in [0.2, 0.25) is 0 Å². The summed E-state index contributed by atoms with van der Waals surface area (Å²) in [6.45, 7) is 0.149. The molecule has 0 atom stereocenters. The van der Waals surface area contributed by atoms with E-state index in [1.165, 1.54) is 34.8 Å². The molecule has 0 bridgehead atoms. The number of halogens is 3. The Hall–Kier alpha value is -3.87. The van der Waals surface area contributed by atoms with Gasteiger partial charge in [0.25, 0.3) is 5.91 Å². The number of aromatic nitrogens is 5. The van der Waals surface area contributed by atoms with E-state index in [-0.39, 0.29) is 23.7 Å². The van der Waals surface area contributed by atoms with Crippen molar-refractivity contribution in [2.24, 2.45) is 0 Å². The lowest BCUT2D eigenvalue weighted by Crippen LogP contribution is -2.24. The molecule has 1 N–H and O–H groups in total. The third kappa shape index (κ3) is 5.88. The predicted octanol–water partition coefficient (Wildman–Crippen LogP) is 3.77. The van der Waals surface area contributed by atoms with Crippen LogP contribution in [0, 0.1) is 0 Å². The Bertz CT molecular complexity index is 1200. The van der Waals surface area contributed by atoms with Crippen LogP contribution in [0.1, 0.15) is 21.9 Å². The first kappa shape index (κ1) is 22.3. The maximum absolute atomic E-state index is 12.8. The maximum Gasteiger partial charge on any atom is 0.573 e. The van der Waals surface area contributed by atoms with E-state index in [9.17, 15) is 18.0 Å². The summed E-state index contributed by atoms with van der Waals surface area (Å²) in [6, 6.07) is 10.2. The van der Waals surface area contributed by atoms with E-state index >= 15 is 0 Å². The molecular weight excluding hydrogens is 461 g/mol. The normalized spacial score (nSPS) is 11.4. The lowest BCUT2D eigenvalue weighted by Gasteiger charge is -2.11. The molecule has 0 unspecified atom stereocenters. The van der Waals surface area contributed by atoms with Gasteiger partial charge in [0.05, 0.1) is 24.2 Å². The largest absolute Gasteiger partial charge is 0.573 e. The van der Waals surface area contributed by atoms with E-state index in [4.69, 9.17) is 4.42 Å². The lowest BCUT2D eigenvalue weighted by molar-refractivity contribution is -0.274. The summed E-state index contributed by atoms with van der Waals surface area (Å²) in [5, 5.41) is 11.2. The summed E-state index contributed by atoms with van der Waals surface area (Å²) < 4.78 is 47.8. The highest BCUT2D eigenvalue weighted by molar-refractivity contribution is 7.98. The van der Waals surface area contributed by atoms with Crippen molar-refractivity contribution in [3.63, 3.8) is 0 Å². The zero-order valence-electron chi connectivity index (χ0n) is 16.7. The maximum atomic E-state index is 12.8. The summed E-state index contributed by atoms with van der Waals surface area (Å²) in [7, 11) is 0. The Morgan fingerprint density at radius 1 is 1.12 bits per heavy atom. The van der Waals surface area contributed by atoms with E-state index in [1.54, 1.807) is 30.6 Å². The van der Waals surface area contributed by atoms with E-state index in [2.05, 4.69) is 30.3 Å². The molecule has 13 heteroatoms. The molecule has 9 nitrogen and oxygen atoms in total. The zero-order chi connectivity index (χ0) is 23.3. The number of amides is 1. The number of carbonyl (C=O) groups excluding carboxylic acids is 1. The fourth-order valence-corrected chi connectivity index (χ4v) is 3.56. The van der Waals surface area contributed by atoms with Crippen LogP contribution in [0.4, 0.5) is 13.2 Å². The SMILES string of the molecule is O=C(NCc1ccco1)c1nnn(-c2ccc(OC(F)(F)F)cc2)c1CSc1ncccn1. The third-order valence-electron chi connectivity index (χ3n) is 4.18. The number of nitrogens with one attached hydrogen (secondary N) is 1. The first-order valence-electron chi connectivity index (χ1n) is 9.40. The van der Waals surface area contributed by atoms with Gasteiger partial charge in [0, 0.05) is 18.1 Å².